The van der Waals surface area contributed by atoms with Crippen LogP contribution in [0.25, 0.3) is 0 Å². The van der Waals surface area contributed by atoms with Crippen molar-refractivity contribution in [2.75, 3.05) is 31.0 Å². The highest BCUT2D eigenvalue weighted by Gasteiger charge is 2.28. The molecular weight excluding hydrogens is 395 g/mol. The Morgan fingerprint density at radius 2 is 1.67 bits per heavy atom. The zero-order valence-electron chi connectivity index (χ0n) is 14.6. The van der Waals surface area contributed by atoms with Crippen molar-refractivity contribution in [3.05, 3.63) is 53.8 Å². The lowest BCUT2D eigenvalue weighted by Crippen LogP contribution is -2.40. The van der Waals surface area contributed by atoms with Crippen LogP contribution < -0.4 is 4.72 Å². The smallest absolute Gasteiger partial charge is 0.264 e. The summed E-state index contributed by atoms with van der Waals surface area (Å²) in [5, 5.41) is 0. The summed E-state index contributed by atoms with van der Waals surface area (Å²) in [4.78, 5) is -0.513. The lowest BCUT2D eigenvalue weighted by atomic mass is 10.2. The van der Waals surface area contributed by atoms with Crippen molar-refractivity contribution >= 4 is 25.7 Å². The number of sulfonamides is 2. The minimum atomic E-state index is -4.20. The van der Waals surface area contributed by atoms with E-state index in [2.05, 4.69) is 4.72 Å². The second kappa shape index (κ2) is 7.55. The molecule has 0 atom stereocenters. The molecule has 0 amide bonds. The molecule has 10 heteroatoms. The Bertz CT molecular complexity index is 1050. The molecule has 0 radical (unpaired) electrons. The van der Waals surface area contributed by atoms with Gasteiger partial charge >= 0.3 is 0 Å². The van der Waals surface area contributed by atoms with Crippen molar-refractivity contribution < 1.29 is 26.0 Å². The predicted molar refractivity (Wildman–Crippen MR) is 98.0 cm³/mol. The summed E-state index contributed by atoms with van der Waals surface area (Å²) in [7, 11) is -8.00. The second-order valence-electron chi connectivity index (χ2n) is 6.03. The molecule has 1 N–H and O–H groups in total. The Morgan fingerprint density at radius 1 is 1.00 bits per heavy atom. The first-order valence-corrected chi connectivity index (χ1v) is 11.1. The number of halogens is 1. The van der Waals surface area contributed by atoms with Crippen LogP contribution in [0.2, 0.25) is 0 Å². The molecule has 0 aliphatic carbocycles. The number of aryl methyl sites for hydroxylation is 1. The van der Waals surface area contributed by atoms with Crippen LogP contribution in [-0.4, -0.2) is 47.4 Å². The van der Waals surface area contributed by atoms with Gasteiger partial charge in [0, 0.05) is 13.1 Å². The first-order chi connectivity index (χ1) is 12.7. The van der Waals surface area contributed by atoms with Gasteiger partial charge in [-0.25, -0.2) is 21.2 Å². The number of nitrogens with one attached hydrogen (secondary N) is 1. The van der Waals surface area contributed by atoms with E-state index in [0.717, 1.165) is 12.1 Å². The summed E-state index contributed by atoms with van der Waals surface area (Å²) in [5.74, 6) is -0.890. The number of hydrogen-bond acceptors (Lipinski definition) is 5. The Balaban J connectivity index is 1.95. The lowest BCUT2D eigenvalue weighted by molar-refractivity contribution is 0.0730. The number of anilines is 1. The molecule has 146 valence electrons. The van der Waals surface area contributed by atoms with Crippen molar-refractivity contribution in [3.8, 4) is 0 Å². The van der Waals surface area contributed by atoms with Crippen molar-refractivity contribution in [1.29, 1.82) is 0 Å². The van der Waals surface area contributed by atoms with Crippen LogP contribution in [0.3, 0.4) is 0 Å². The van der Waals surface area contributed by atoms with Gasteiger partial charge in [-0.2, -0.15) is 4.31 Å². The first-order valence-electron chi connectivity index (χ1n) is 8.18. The predicted octanol–water partition coefficient (Wildman–Crippen LogP) is 1.96. The van der Waals surface area contributed by atoms with Gasteiger partial charge < -0.3 is 4.74 Å². The van der Waals surface area contributed by atoms with Gasteiger partial charge in [-0.05, 0) is 36.8 Å². The monoisotopic (exact) mass is 414 g/mol. The van der Waals surface area contributed by atoms with E-state index < -0.39 is 30.8 Å². The van der Waals surface area contributed by atoms with E-state index in [-0.39, 0.29) is 23.7 Å². The molecule has 0 aromatic heterocycles. The van der Waals surface area contributed by atoms with Gasteiger partial charge in [-0.3, -0.25) is 4.72 Å². The quantitative estimate of drug-likeness (QED) is 0.807. The van der Waals surface area contributed by atoms with E-state index in [1.165, 1.54) is 34.6 Å². The second-order valence-corrected chi connectivity index (χ2v) is 9.59. The van der Waals surface area contributed by atoms with Crippen LogP contribution >= 0.6 is 0 Å². The Hall–Kier alpha value is -2.01. The van der Waals surface area contributed by atoms with E-state index in [4.69, 9.17) is 4.74 Å². The highest BCUT2D eigenvalue weighted by Crippen LogP contribution is 2.26. The van der Waals surface area contributed by atoms with Crippen LogP contribution in [-0.2, 0) is 24.8 Å². The zero-order valence-corrected chi connectivity index (χ0v) is 16.2. The summed E-state index contributed by atoms with van der Waals surface area (Å²) < 4.78 is 73.2. The fourth-order valence-corrected chi connectivity index (χ4v) is 5.53. The summed E-state index contributed by atoms with van der Waals surface area (Å²) in [6.45, 7) is 2.69. The van der Waals surface area contributed by atoms with Crippen LogP contribution in [0.1, 0.15) is 5.56 Å². The molecule has 7 nitrogen and oxygen atoms in total. The van der Waals surface area contributed by atoms with Gasteiger partial charge in [0.05, 0.1) is 23.8 Å². The minimum Gasteiger partial charge on any atom is -0.379 e. The van der Waals surface area contributed by atoms with E-state index in [1.807, 2.05) is 0 Å². The molecule has 0 saturated carbocycles. The highest BCUT2D eigenvalue weighted by molar-refractivity contribution is 7.92. The maximum absolute atomic E-state index is 13.8. The van der Waals surface area contributed by atoms with Crippen LogP contribution in [0.15, 0.2) is 52.3 Å². The molecule has 0 unspecified atom stereocenters. The number of hydrogen-bond donors (Lipinski definition) is 1. The van der Waals surface area contributed by atoms with Gasteiger partial charge in [-0.15, -0.1) is 0 Å². The molecular formula is C17H19FN2O5S2. The molecule has 0 spiro atoms. The van der Waals surface area contributed by atoms with Gasteiger partial charge in [-0.1, -0.05) is 18.2 Å². The van der Waals surface area contributed by atoms with Crippen molar-refractivity contribution in [3.63, 3.8) is 0 Å². The van der Waals surface area contributed by atoms with Crippen LogP contribution in [0.5, 0.6) is 0 Å². The van der Waals surface area contributed by atoms with E-state index in [1.54, 1.807) is 6.92 Å². The molecule has 1 heterocycles. The number of nitrogens with zero attached hydrogens (tertiary/aromatic N) is 1. The van der Waals surface area contributed by atoms with Gasteiger partial charge in [0.1, 0.15) is 10.7 Å². The molecule has 1 aliphatic rings. The van der Waals surface area contributed by atoms with Crippen molar-refractivity contribution in [2.45, 2.75) is 16.7 Å². The zero-order chi connectivity index (χ0) is 19.7. The molecule has 2 aromatic carbocycles. The normalized spacial score (nSPS) is 16.2. The van der Waals surface area contributed by atoms with Crippen LogP contribution in [0.4, 0.5) is 10.1 Å². The SMILES string of the molecule is Cc1ccc(NS(=O)(=O)c2ccccc2F)cc1S(=O)(=O)N1CCOCC1. The fraction of sp³-hybridized carbons (Fsp3) is 0.294. The van der Waals surface area contributed by atoms with E-state index in [9.17, 15) is 21.2 Å². The van der Waals surface area contributed by atoms with Gasteiger partial charge in [0.2, 0.25) is 10.0 Å². The van der Waals surface area contributed by atoms with Crippen LogP contribution in [0, 0.1) is 12.7 Å². The van der Waals surface area contributed by atoms with E-state index in [0.29, 0.717) is 18.8 Å². The highest BCUT2D eigenvalue weighted by atomic mass is 32.2. The third-order valence-electron chi connectivity index (χ3n) is 4.15. The summed E-state index contributed by atoms with van der Waals surface area (Å²) >= 11 is 0. The lowest BCUT2D eigenvalue weighted by Gasteiger charge is -2.26. The Kier molecular flexibility index (Phi) is 5.52. The maximum Gasteiger partial charge on any atom is 0.264 e. The average Bonchev–Trinajstić information content (AvgIpc) is 2.64. The molecule has 27 heavy (non-hydrogen) atoms. The number of benzene rings is 2. The molecule has 1 aliphatic heterocycles. The third kappa shape index (κ3) is 4.13. The fourth-order valence-electron chi connectivity index (χ4n) is 2.74. The maximum atomic E-state index is 13.8. The number of ether oxygens (including phenoxy) is 1. The summed E-state index contributed by atoms with van der Waals surface area (Å²) in [6.07, 6.45) is 0. The molecule has 1 saturated heterocycles. The van der Waals surface area contributed by atoms with Gasteiger partial charge in [0.25, 0.3) is 10.0 Å². The Morgan fingerprint density at radius 3 is 2.33 bits per heavy atom. The van der Waals surface area contributed by atoms with Crippen molar-refractivity contribution in [1.82, 2.24) is 4.31 Å². The molecule has 0 bridgehead atoms. The summed E-state index contributed by atoms with van der Waals surface area (Å²) in [6, 6.07) is 9.15. The Labute approximate surface area is 157 Å². The van der Waals surface area contributed by atoms with E-state index >= 15 is 0 Å². The number of rotatable bonds is 5. The third-order valence-corrected chi connectivity index (χ3v) is 7.61. The van der Waals surface area contributed by atoms with Crippen molar-refractivity contribution in [2.24, 2.45) is 0 Å². The summed E-state index contributed by atoms with van der Waals surface area (Å²) in [5.41, 5.74) is 0.519. The minimum absolute atomic E-state index is 0.00173. The molecule has 3 rings (SSSR count). The van der Waals surface area contributed by atoms with Gasteiger partial charge in [0.15, 0.2) is 0 Å². The largest absolute Gasteiger partial charge is 0.379 e. The number of morpholine rings is 1. The average molecular weight is 414 g/mol. The molecule has 2 aromatic rings. The first kappa shape index (κ1) is 19.7. The molecule has 1 fully saturated rings. The standard InChI is InChI=1S/C17H19FN2O5S2/c1-13-6-7-14(19-26(21,22)16-5-3-2-4-15(16)18)12-17(13)27(23,24)20-8-10-25-11-9-20/h2-7,12,19H,8-11H2,1H3. The topological polar surface area (TPSA) is 92.8 Å².